The van der Waals surface area contributed by atoms with Gasteiger partial charge in [-0.3, -0.25) is 0 Å². The predicted molar refractivity (Wildman–Crippen MR) is 82.0 cm³/mol. The van der Waals surface area contributed by atoms with E-state index in [0.717, 1.165) is 0 Å². The summed E-state index contributed by atoms with van der Waals surface area (Å²) in [6, 6.07) is 0. The monoisotopic (exact) mass is 386 g/mol. The van der Waals surface area contributed by atoms with Gasteiger partial charge in [-0.25, -0.2) is 0 Å². The van der Waals surface area contributed by atoms with Crippen molar-refractivity contribution in [2.24, 2.45) is 0 Å². The first-order chi connectivity index (χ1) is 11.7. The molecule has 0 aromatic rings. The Balaban J connectivity index is 0.000000173. The average Bonchev–Trinajstić information content (AvgIpc) is 3.48. The first kappa shape index (κ1) is 19.4. The second kappa shape index (κ2) is 9.53. The van der Waals surface area contributed by atoms with E-state index in [1.807, 2.05) is 24.3 Å². The van der Waals surface area contributed by atoms with Crippen LogP contribution < -0.4 is 10.2 Å². The van der Waals surface area contributed by atoms with E-state index in [-0.39, 0.29) is 41.2 Å². The number of rotatable bonds is 6. The molecular formula is C18H18FeO6. The van der Waals surface area contributed by atoms with E-state index >= 15 is 0 Å². The standard InChI is InChI=1S/2C9H10O3.Fe/c2*10-9(7-3-1-2-4-7)12-6-8-5-11-8;/h2*1-4,8,10H,5-6H2;/q;;+2/p-2. The van der Waals surface area contributed by atoms with Crippen molar-refractivity contribution in [2.45, 2.75) is 12.2 Å². The van der Waals surface area contributed by atoms with E-state index in [2.05, 4.69) is 0 Å². The molecule has 0 aromatic carbocycles. The zero-order chi connectivity index (χ0) is 16.8. The van der Waals surface area contributed by atoms with Crippen LogP contribution in [-0.2, 0) is 36.0 Å². The summed E-state index contributed by atoms with van der Waals surface area (Å²) < 4.78 is 19.7. The minimum atomic E-state index is -0.268. The minimum Gasteiger partial charge on any atom is -0.610 e. The van der Waals surface area contributed by atoms with Gasteiger partial charge in [-0.2, -0.15) is 0 Å². The van der Waals surface area contributed by atoms with Crippen LogP contribution in [0.5, 0.6) is 0 Å². The Morgan fingerprint density at radius 3 is 1.40 bits per heavy atom. The molecule has 0 bridgehead atoms. The number of allylic oxidation sites excluding steroid dienone is 10. The third-order valence-electron chi connectivity index (χ3n) is 3.40. The summed E-state index contributed by atoms with van der Waals surface area (Å²) >= 11 is 0. The second-order valence-corrected chi connectivity index (χ2v) is 5.45. The molecule has 2 atom stereocenters. The quantitative estimate of drug-likeness (QED) is 0.368. The zero-order valence-corrected chi connectivity index (χ0v) is 14.5. The summed E-state index contributed by atoms with van der Waals surface area (Å²) in [5.41, 5.74) is 1.21. The Morgan fingerprint density at radius 1 is 0.800 bits per heavy atom. The Morgan fingerprint density at radius 2 is 1.12 bits per heavy atom. The SMILES string of the molecule is [Fe+2].[O-]C(OCC1CO1)=C1C=CC=C1.[O-]C(OCC1CO1)=C1C=CC=C1. The van der Waals surface area contributed by atoms with Gasteiger partial charge in [-0.1, -0.05) is 48.6 Å². The van der Waals surface area contributed by atoms with Gasteiger partial charge in [-0.05, 0) is 11.1 Å². The summed E-state index contributed by atoms with van der Waals surface area (Å²) in [5, 5.41) is 22.3. The molecule has 2 heterocycles. The van der Waals surface area contributed by atoms with Crippen molar-refractivity contribution in [3.05, 3.63) is 71.6 Å². The molecule has 2 aliphatic carbocycles. The Labute approximate surface area is 156 Å². The fraction of sp³-hybridized carbons (Fsp3) is 0.333. The second-order valence-electron chi connectivity index (χ2n) is 5.45. The summed E-state index contributed by atoms with van der Waals surface area (Å²) in [7, 11) is 0. The van der Waals surface area contributed by atoms with Crippen molar-refractivity contribution in [2.75, 3.05) is 26.4 Å². The maximum absolute atomic E-state index is 11.2. The van der Waals surface area contributed by atoms with Crippen LogP contribution in [0.1, 0.15) is 0 Å². The third-order valence-corrected chi connectivity index (χ3v) is 3.40. The van der Waals surface area contributed by atoms with Gasteiger partial charge in [0.2, 0.25) is 0 Å². The van der Waals surface area contributed by atoms with Crippen LogP contribution in [0.2, 0.25) is 0 Å². The van der Waals surface area contributed by atoms with Crippen molar-refractivity contribution in [1.82, 2.24) is 0 Å². The summed E-state index contributed by atoms with van der Waals surface area (Å²) in [5.74, 6) is -0.536. The Bertz CT molecular complexity index is 552. The van der Waals surface area contributed by atoms with Gasteiger partial charge in [-0.15, -0.1) is 0 Å². The topological polar surface area (TPSA) is 89.6 Å². The van der Waals surface area contributed by atoms with Gasteiger partial charge in [0.15, 0.2) is 0 Å². The van der Waals surface area contributed by atoms with E-state index in [4.69, 9.17) is 18.9 Å². The molecule has 2 aliphatic heterocycles. The largest absolute Gasteiger partial charge is 2.00 e. The maximum Gasteiger partial charge on any atom is 2.00 e. The van der Waals surface area contributed by atoms with Crippen LogP contribution in [0.15, 0.2) is 71.6 Å². The first-order valence-electron chi connectivity index (χ1n) is 7.73. The van der Waals surface area contributed by atoms with Gasteiger partial charge in [0.05, 0.1) is 37.3 Å². The molecule has 0 aromatic heterocycles. The van der Waals surface area contributed by atoms with E-state index in [1.165, 1.54) is 0 Å². The van der Waals surface area contributed by atoms with Crippen molar-refractivity contribution >= 4 is 0 Å². The molecule has 0 N–H and O–H groups in total. The van der Waals surface area contributed by atoms with Crippen LogP contribution in [0.25, 0.3) is 0 Å². The molecule has 4 rings (SSSR count). The van der Waals surface area contributed by atoms with Gasteiger partial charge in [0.1, 0.15) is 0 Å². The van der Waals surface area contributed by atoms with Gasteiger partial charge >= 0.3 is 17.1 Å². The summed E-state index contributed by atoms with van der Waals surface area (Å²) in [6.07, 6.45) is 14.5. The van der Waals surface area contributed by atoms with Crippen LogP contribution in [0.4, 0.5) is 0 Å². The molecule has 2 fully saturated rings. The van der Waals surface area contributed by atoms with E-state index in [9.17, 15) is 10.2 Å². The van der Waals surface area contributed by atoms with Crippen LogP contribution in [0, 0.1) is 0 Å². The molecule has 6 nitrogen and oxygen atoms in total. The Kier molecular flexibility index (Phi) is 7.40. The van der Waals surface area contributed by atoms with Crippen molar-refractivity contribution in [3.8, 4) is 0 Å². The van der Waals surface area contributed by atoms with E-state index in [1.54, 1.807) is 24.3 Å². The molecule has 0 saturated carbocycles. The number of ether oxygens (including phenoxy) is 4. The summed E-state index contributed by atoms with van der Waals surface area (Å²) in [6.45, 7) is 2.19. The minimum absolute atomic E-state index is 0. The number of hydrogen-bond donors (Lipinski definition) is 0. The molecule has 0 spiro atoms. The molecule has 0 radical (unpaired) electrons. The first-order valence-corrected chi connectivity index (χ1v) is 7.73. The van der Waals surface area contributed by atoms with Crippen LogP contribution in [-0.4, -0.2) is 38.6 Å². The molecule has 134 valence electrons. The Hall–Kier alpha value is -1.92. The van der Waals surface area contributed by atoms with E-state index < -0.39 is 0 Å². The predicted octanol–water partition coefficient (Wildman–Crippen LogP) is 0.197. The van der Waals surface area contributed by atoms with Crippen LogP contribution in [0.3, 0.4) is 0 Å². The molecule has 25 heavy (non-hydrogen) atoms. The van der Waals surface area contributed by atoms with Gasteiger partial charge < -0.3 is 29.2 Å². The van der Waals surface area contributed by atoms with Crippen molar-refractivity contribution in [3.63, 3.8) is 0 Å². The fourth-order valence-electron chi connectivity index (χ4n) is 1.85. The van der Waals surface area contributed by atoms with Crippen molar-refractivity contribution in [1.29, 1.82) is 0 Å². The molecule has 4 aliphatic rings. The van der Waals surface area contributed by atoms with E-state index in [0.29, 0.717) is 37.6 Å². The van der Waals surface area contributed by atoms with Gasteiger partial charge in [0.25, 0.3) is 0 Å². The molecule has 7 heteroatoms. The smallest absolute Gasteiger partial charge is 0.610 e. The summed E-state index contributed by atoms with van der Waals surface area (Å²) in [4.78, 5) is 0. The molecular weight excluding hydrogens is 368 g/mol. The fourth-order valence-corrected chi connectivity index (χ4v) is 1.85. The zero-order valence-electron chi connectivity index (χ0n) is 13.4. The number of hydrogen-bond acceptors (Lipinski definition) is 6. The number of epoxide rings is 2. The average molecular weight is 386 g/mol. The van der Waals surface area contributed by atoms with Crippen molar-refractivity contribution < 1.29 is 46.2 Å². The maximum atomic E-state index is 11.2. The molecule has 0 amide bonds. The third kappa shape index (κ3) is 6.84. The van der Waals surface area contributed by atoms with Crippen LogP contribution >= 0.6 is 0 Å². The van der Waals surface area contributed by atoms with Gasteiger partial charge in [0, 0.05) is 13.2 Å². The molecule has 2 saturated heterocycles. The normalized spacial score (nSPS) is 23.7. The molecule has 2 unspecified atom stereocenters.